The summed E-state index contributed by atoms with van der Waals surface area (Å²) in [5, 5.41) is 12.4. The van der Waals surface area contributed by atoms with Gasteiger partial charge in [-0.3, -0.25) is 0 Å². The van der Waals surface area contributed by atoms with Crippen LogP contribution in [0.2, 0.25) is 0 Å². The molecule has 4 heteroatoms. The fraction of sp³-hybridized carbons (Fsp3) is 0.438. The van der Waals surface area contributed by atoms with Gasteiger partial charge < -0.3 is 14.7 Å². The highest BCUT2D eigenvalue weighted by molar-refractivity contribution is 5.58. The highest BCUT2D eigenvalue weighted by Crippen LogP contribution is 2.24. The van der Waals surface area contributed by atoms with E-state index in [4.69, 9.17) is 9.47 Å². The van der Waals surface area contributed by atoms with Crippen molar-refractivity contribution in [2.75, 3.05) is 6.61 Å². The van der Waals surface area contributed by atoms with Crippen LogP contribution in [0, 0.1) is 5.21 Å². The van der Waals surface area contributed by atoms with Gasteiger partial charge >= 0.3 is 0 Å². The quantitative estimate of drug-likeness (QED) is 0.273. The summed E-state index contributed by atoms with van der Waals surface area (Å²) in [6, 6.07) is 9.41. The Morgan fingerprint density at radius 2 is 2.15 bits per heavy atom. The molecule has 0 amide bonds. The van der Waals surface area contributed by atoms with Crippen LogP contribution < -0.4 is 0 Å². The molecule has 2 rings (SSSR count). The fourth-order valence-electron chi connectivity index (χ4n) is 2.28. The van der Waals surface area contributed by atoms with Crippen LogP contribution in [0.3, 0.4) is 0 Å². The number of hydrogen-bond donors (Lipinski definition) is 0. The zero-order valence-electron chi connectivity index (χ0n) is 12.0. The molecular formula is C16H21NO3. The van der Waals surface area contributed by atoms with E-state index in [0.717, 1.165) is 10.3 Å². The van der Waals surface area contributed by atoms with Crippen molar-refractivity contribution in [2.45, 2.75) is 38.2 Å². The highest BCUT2D eigenvalue weighted by Gasteiger charge is 2.34. The molecule has 4 nitrogen and oxygen atoms in total. The molecule has 0 radical (unpaired) electrons. The summed E-state index contributed by atoms with van der Waals surface area (Å²) in [6.45, 7) is 7.82. The van der Waals surface area contributed by atoms with E-state index in [1.165, 1.54) is 0 Å². The van der Waals surface area contributed by atoms with Crippen molar-refractivity contribution in [3.05, 3.63) is 53.8 Å². The molecule has 2 atom stereocenters. The third-order valence-electron chi connectivity index (χ3n) is 3.23. The van der Waals surface area contributed by atoms with Crippen molar-refractivity contribution in [3.8, 4) is 0 Å². The average Bonchev–Trinajstić information content (AvgIpc) is 2.76. The summed E-state index contributed by atoms with van der Waals surface area (Å²) in [7, 11) is 0. The summed E-state index contributed by atoms with van der Waals surface area (Å²) >= 11 is 0. The van der Waals surface area contributed by atoms with Crippen LogP contribution in [0.5, 0.6) is 0 Å². The Balaban J connectivity index is 2.15. The predicted octanol–water partition coefficient (Wildman–Crippen LogP) is 3.04. The van der Waals surface area contributed by atoms with Gasteiger partial charge in [-0.05, 0) is 13.8 Å². The summed E-state index contributed by atoms with van der Waals surface area (Å²) in [5.41, 5.74) is 0.969. The molecule has 108 valence electrons. The van der Waals surface area contributed by atoms with Gasteiger partial charge in [-0.25, -0.2) is 4.74 Å². The van der Waals surface area contributed by atoms with E-state index in [2.05, 4.69) is 6.58 Å². The van der Waals surface area contributed by atoms with E-state index in [-0.39, 0.29) is 12.1 Å². The third kappa shape index (κ3) is 3.68. The van der Waals surface area contributed by atoms with Gasteiger partial charge in [-0.2, -0.15) is 0 Å². The zero-order valence-corrected chi connectivity index (χ0v) is 12.0. The fourth-order valence-corrected chi connectivity index (χ4v) is 2.28. The maximum absolute atomic E-state index is 12.4. The normalized spacial score (nSPS) is 23.5. The molecule has 20 heavy (non-hydrogen) atoms. The van der Waals surface area contributed by atoms with Crippen LogP contribution in [-0.4, -0.2) is 29.5 Å². The molecule has 1 saturated heterocycles. The second-order valence-corrected chi connectivity index (χ2v) is 5.33. The van der Waals surface area contributed by atoms with E-state index >= 15 is 0 Å². The highest BCUT2D eigenvalue weighted by atomic mass is 16.7. The lowest BCUT2D eigenvalue weighted by Gasteiger charge is -2.18. The molecule has 0 spiro atoms. The largest absolute Gasteiger partial charge is 0.623 e. The molecule has 0 saturated carbocycles. The topological polar surface area (TPSA) is 44.5 Å². The Bertz CT molecular complexity index is 482. The minimum Gasteiger partial charge on any atom is -0.623 e. The van der Waals surface area contributed by atoms with Crippen LogP contribution in [0.4, 0.5) is 0 Å². The first-order valence-corrected chi connectivity index (χ1v) is 6.80. The van der Waals surface area contributed by atoms with E-state index in [0.29, 0.717) is 13.0 Å². The first kappa shape index (κ1) is 14.8. The van der Waals surface area contributed by atoms with Crippen molar-refractivity contribution in [1.82, 2.24) is 0 Å². The smallest absolute Gasteiger partial charge is 0.191 e. The second kappa shape index (κ2) is 6.20. The van der Waals surface area contributed by atoms with E-state index in [1.807, 2.05) is 44.2 Å². The average molecular weight is 275 g/mol. The Kier molecular flexibility index (Phi) is 4.57. The van der Waals surface area contributed by atoms with Gasteiger partial charge in [-0.15, -0.1) is 6.58 Å². The molecule has 0 aromatic heterocycles. The molecule has 1 aliphatic heterocycles. The van der Waals surface area contributed by atoms with Gasteiger partial charge in [0.15, 0.2) is 24.1 Å². The van der Waals surface area contributed by atoms with Crippen molar-refractivity contribution in [1.29, 1.82) is 0 Å². The molecule has 0 aliphatic carbocycles. The molecule has 0 N–H and O–H groups in total. The van der Waals surface area contributed by atoms with Gasteiger partial charge in [0.05, 0.1) is 6.61 Å². The standard InChI is InChI=1S/C16H21NO3/c1-4-8-15(13-9-6-5-7-10-13)17(18)11-14-12-19-16(2,3)20-14/h4-7,9-11,14-15H,1,8,12H2,2-3H3/b17-11-/t14-,15-/m0/s1. The lowest BCUT2D eigenvalue weighted by Crippen LogP contribution is -2.25. The molecule has 1 fully saturated rings. The Morgan fingerprint density at radius 1 is 1.45 bits per heavy atom. The van der Waals surface area contributed by atoms with Crippen molar-refractivity contribution in [2.24, 2.45) is 0 Å². The molecule has 1 aliphatic rings. The van der Waals surface area contributed by atoms with E-state index in [1.54, 1.807) is 12.3 Å². The van der Waals surface area contributed by atoms with Crippen LogP contribution in [0.25, 0.3) is 0 Å². The number of hydrogen-bond acceptors (Lipinski definition) is 3. The summed E-state index contributed by atoms with van der Waals surface area (Å²) in [5.74, 6) is -0.622. The van der Waals surface area contributed by atoms with Gasteiger partial charge in [-0.1, -0.05) is 36.4 Å². The van der Waals surface area contributed by atoms with Gasteiger partial charge in [0.1, 0.15) is 0 Å². The first-order chi connectivity index (χ1) is 9.52. The lowest BCUT2D eigenvalue weighted by atomic mass is 10.0. The Labute approximate surface area is 119 Å². The van der Waals surface area contributed by atoms with Crippen molar-refractivity contribution < 1.29 is 14.2 Å². The zero-order chi connectivity index (χ0) is 14.6. The van der Waals surface area contributed by atoms with Crippen molar-refractivity contribution in [3.63, 3.8) is 0 Å². The van der Waals surface area contributed by atoms with Gasteiger partial charge in [0.2, 0.25) is 0 Å². The molecule has 0 bridgehead atoms. The molecule has 1 aromatic carbocycles. The monoisotopic (exact) mass is 275 g/mol. The molecular weight excluding hydrogens is 254 g/mol. The minimum atomic E-state index is -0.622. The molecule has 1 heterocycles. The maximum atomic E-state index is 12.4. The first-order valence-electron chi connectivity index (χ1n) is 6.80. The SMILES string of the molecule is C=CC[C@@H](c1ccccc1)/[N+]([O-])=C/[C@H]1COC(C)(C)O1. The van der Waals surface area contributed by atoms with E-state index < -0.39 is 5.79 Å². The maximum Gasteiger partial charge on any atom is 0.191 e. The van der Waals surface area contributed by atoms with Crippen LogP contribution >= 0.6 is 0 Å². The summed E-state index contributed by atoms with van der Waals surface area (Å²) in [4.78, 5) is 0. The Hall–Kier alpha value is -1.65. The van der Waals surface area contributed by atoms with Gasteiger partial charge in [0, 0.05) is 12.0 Å². The van der Waals surface area contributed by atoms with E-state index in [9.17, 15) is 5.21 Å². The van der Waals surface area contributed by atoms with Crippen molar-refractivity contribution >= 4 is 6.21 Å². The number of hydroxylamine groups is 1. The van der Waals surface area contributed by atoms with Crippen LogP contribution in [-0.2, 0) is 9.47 Å². The minimum absolute atomic E-state index is 0.277. The number of rotatable bonds is 5. The predicted molar refractivity (Wildman–Crippen MR) is 78.6 cm³/mol. The summed E-state index contributed by atoms with van der Waals surface area (Å²) < 4.78 is 12.0. The number of benzene rings is 1. The lowest BCUT2D eigenvalue weighted by molar-refractivity contribution is -0.505. The Morgan fingerprint density at radius 3 is 2.70 bits per heavy atom. The second-order valence-electron chi connectivity index (χ2n) is 5.33. The number of ether oxygens (including phenoxy) is 2. The van der Waals surface area contributed by atoms with Gasteiger partial charge in [0.25, 0.3) is 0 Å². The van der Waals surface area contributed by atoms with Crippen LogP contribution in [0.1, 0.15) is 31.9 Å². The summed E-state index contributed by atoms with van der Waals surface area (Å²) in [6.07, 6.45) is 3.59. The number of nitrogens with zero attached hydrogens (tertiary/aromatic N) is 1. The molecule has 0 unspecified atom stereocenters. The third-order valence-corrected chi connectivity index (χ3v) is 3.23. The van der Waals surface area contributed by atoms with Crippen LogP contribution in [0.15, 0.2) is 43.0 Å². The molecule has 1 aromatic rings.